The summed E-state index contributed by atoms with van der Waals surface area (Å²) in [6.45, 7) is 9.71. The Morgan fingerprint density at radius 3 is 1.07 bits per heavy atom. The minimum absolute atomic E-state index is 0.504. The van der Waals surface area contributed by atoms with Crippen LogP contribution in [-0.2, 0) is 10.4 Å². The van der Waals surface area contributed by atoms with Gasteiger partial charge in [0, 0.05) is 27.3 Å². The molecule has 0 heterocycles. The van der Waals surface area contributed by atoms with Crippen LogP contribution in [0.25, 0.3) is 0 Å². The fourth-order valence-corrected chi connectivity index (χ4v) is 4.31. The highest BCUT2D eigenvalue weighted by Gasteiger charge is 2.15. The summed E-state index contributed by atoms with van der Waals surface area (Å²) in [7, 11) is -5.42. The molecule has 1 N–H and O–H groups in total. The van der Waals surface area contributed by atoms with Gasteiger partial charge in [0.05, 0.1) is 6.16 Å². The van der Waals surface area contributed by atoms with Crippen LogP contribution in [-0.4, -0.2) is 43.7 Å². The van der Waals surface area contributed by atoms with Crippen molar-refractivity contribution in [2.45, 2.75) is 110 Å². The number of rotatable bonds is 17. The third kappa shape index (κ3) is 41.7. The molecule has 0 unspecified atom stereocenters. The maximum absolute atomic E-state index is 8.63. The third-order valence-corrected chi connectivity index (χ3v) is 6.34. The molecular formula is C21H47O4PS. The fourth-order valence-electron chi connectivity index (χ4n) is 3.13. The average Bonchev–Trinajstić information content (AvgIpc) is 2.52. The molecular weight excluding hydrogens is 379 g/mol. The van der Waals surface area contributed by atoms with E-state index >= 15 is 0 Å². The van der Waals surface area contributed by atoms with Crippen LogP contribution < -0.4 is 0 Å². The molecule has 0 spiro atoms. The summed E-state index contributed by atoms with van der Waals surface area (Å²) in [5, 5.41) is 0. The van der Waals surface area contributed by atoms with Crippen LogP contribution in [0.15, 0.2) is 0 Å². The van der Waals surface area contributed by atoms with E-state index in [0.717, 1.165) is 0 Å². The molecule has 0 saturated carbocycles. The van der Waals surface area contributed by atoms with Crippen molar-refractivity contribution in [2.24, 2.45) is 0 Å². The first kappa shape index (κ1) is 29.5. The highest BCUT2D eigenvalue weighted by Crippen LogP contribution is 2.47. The van der Waals surface area contributed by atoms with Crippen LogP contribution in [0.4, 0.5) is 0 Å². The molecule has 0 atom stereocenters. The number of unbranched alkanes of at least 4 members (excludes halogenated alkanes) is 15. The quantitative estimate of drug-likeness (QED) is 0.116. The van der Waals surface area contributed by atoms with Gasteiger partial charge in [0.25, 0.3) is 0 Å². The lowest BCUT2D eigenvalue weighted by molar-refractivity contribution is 0.366. The van der Waals surface area contributed by atoms with Gasteiger partial charge in [0.2, 0.25) is 10.4 Å². The molecule has 27 heavy (non-hydrogen) atoms. The van der Waals surface area contributed by atoms with Crippen molar-refractivity contribution in [3.8, 4) is 0 Å². The number of hydrogen-bond donors (Lipinski definition) is 1. The predicted octanol–water partition coefficient (Wildman–Crippen LogP) is 7.16. The van der Waals surface area contributed by atoms with Crippen molar-refractivity contribution in [3.05, 3.63) is 0 Å². The smallest absolute Gasteiger partial charge is 0.215 e. The Morgan fingerprint density at radius 2 is 0.852 bits per heavy atom. The lowest BCUT2D eigenvalue weighted by atomic mass is 10.0. The van der Waals surface area contributed by atoms with Gasteiger partial charge in [-0.05, 0) is 12.8 Å². The van der Waals surface area contributed by atoms with Gasteiger partial charge in [0.15, 0.2) is 0 Å². The number of hydrogen-bond acceptors (Lipinski definition) is 3. The largest absolute Gasteiger partial charge is 0.726 e. The normalized spacial score (nSPS) is 11.9. The van der Waals surface area contributed by atoms with Gasteiger partial charge >= 0.3 is 0 Å². The molecule has 0 saturated heterocycles. The van der Waals surface area contributed by atoms with Crippen LogP contribution >= 0.6 is 7.26 Å². The van der Waals surface area contributed by atoms with Gasteiger partial charge in [0.1, 0.15) is 0 Å². The maximum atomic E-state index is 8.63. The molecule has 166 valence electrons. The van der Waals surface area contributed by atoms with Crippen LogP contribution in [0.2, 0.25) is 0 Å². The van der Waals surface area contributed by atoms with Crippen molar-refractivity contribution < 1.29 is 17.5 Å². The fraction of sp³-hybridized carbons (Fsp3) is 1.00. The molecule has 6 heteroatoms. The Kier molecular flexibility index (Phi) is 21.4. The average molecular weight is 427 g/mol. The van der Waals surface area contributed by atoms with Crippen molar-refractivity contribution in [2.75, 3.05) is 26.2 Å². The summed E-state index contributed by atoms with van der Waals surface area (Å²) in [6, 6.07) is 0. The van der Waals surface area contributed by atoms with Crippen molar-refractivity contribution in [3.63, 3.8) is 0 Å². The van der Waals surface area contributed by atoms with Crippen LogP contribution in [0, 0.1) is 0 Å². The van der Waals surface area contributed by atoms with Crippen LogP contribution in [0.5, 0.6) is 0 Å². The summed E-state index contributed by atoms with van der Waals surface area (Å²) in [4.78, 5) is 0. The Morgan fingerprint density at radius 1 is 0.630 bits per heavy atom. The maximum Gasteiger partial charge on any atom is 0.215 e. The zero-order valence-corrected chi connectivity index (χ0v) is 20.3. The molecule has 0 aromatic carbocycles. The van der Waals surface area contributed by atoms with Gasteiger partial charge < -0.3 is 4.55 Å². The topological polar surface area (TPSA) is 77.4 Å². The molecule has 4 nitrogen and oxygen atoms in total. The summed E-state index contributed by atoms with van der Waals surface area (Å²) in [5.41, 5.74) is 0. The molecule has 0 radical (unpaired) electrons. The highest BCUT2D eigenvalue weighted by molar-refractivity contribution is 7.79. The molecule has 0 bridgehead atoms. The molecule has 0 aliphatic carbocycles. The van der Waals surface area contributed by atoms with E-state index in [2.05, 4.69) is 26.9 Å². The summed E-state index contributed by atoms with van der Waals surface area (Å²) in [5.74, 6) is 0. The second kappa shape index (κ2) is 19.6. The van der Waals surface area contributed by atoms with Gasteiger partial charge in [-0.3, -0.25) is 4.55 Å². The second-order valence-electron chi connectivity index (χ2n) is 8.74. The minimum Gasteiger partial charge on any atom is -0.726 e. The van der Waals surface area contributed by atoms with E-state index in [4.69, 9.17) is 17.5 Å². The van der Waals surface area contributed by atoms with E-state index < -0.39 is 17.7 Å². The molecule has 0 aromatic rings. The molecule has 0 aliphatic heterocycles. The van der Waals surface area contributed by atoms with E-state index in [9.17, 15) is 0 Å². The standard InChI is InChI=1S/C21H46P.H2O4S/c1-5-6-7-8-9-10-11-12-13-14-15-16-17-18-19-20-21-22(2,3)4;1-5(2,3)4/h5-21H2,1-4H3;(H2,1,2,3,4)/q+1;/p-1. The van der Waals surface area contributed by atoms with E-state index in [1.165, 1.54) is 109 Å². The Labute approximate surface area is 171 Å². The van der Waals surface area contributed by atoms with Crippen LogP contribution in [0.1, 0.15) is 110 Å². The lowest BCUT2D eigenvalue weighted by Gasteiger charge is -2.10. The van der Waals surface area contributed by atoms with E-state index in [-0.39, 0.29) is 0 Å². The summed E-state index contributed by atoms with van der Waals surface area (Å²) in [6.07, 6.45) is 25.1. The molecule has 0 aliphatic rings. The van der Waals surface area contributed by atoms with E-state index in [1.807, 2.05) is 0 Å². The predicted molar refractivity (Wildman–Crippen MR) is 121 cm³/mol. The molecule has 0 amide bonds. The SMILES string of the molecule is CCCCCCCCCCCCCCCCCC[P+](C)(C)C.O=S(=O)([O-])O. The van der Waals surface area contributed by atoms with Gasteiger partial charge in [-0.1, -0.05) is 96.8 Å². The van der Waals surface area contributed by atoms with E-state index in [0.29, 0.717) is 0 Å². The minimum atomic E-state index is -4.92. The first-order valence-corrected chi connectivity index (χ1v) is 15.7. The Hall–Kier alpha value is 0.300. The van der Waals surface area contributed by atoms with Crippen LogP contribution in [0.3, 0.4) is 0 Å². The molecule has 0 rings (SSSR count). The van der Waals surface area contributed by atoms with Gasteiger partial charge in [-0.2, -0.15) is 0 Å². The second-order valence-corrected chi connectivity index (χ2v) is 14.6. The first-order chi connectivity index (χ1) is 12.6. The van der Waals surface area contributed by atoms with Gasteiger partial charge in [-0.25, -0.2) is 8.42 Å². The van der Waals surface area contributed by atoms with E-state index in [1.54, 1.807) is 0 Å². The first-order valence-electron chi connectivity index (χ1n) is 11.0. The zero-order valence-electron chi connectivity index (χ0n) is 18.5. The molecule has 0 fully saturated rings. The Bertz CT molecular complexity index is 383. The molecule has 0 aromatic heterocycles. The summed E-state index contributed by atoms with van der Waals surface area (Å²) >= 11 is 0. The van der Waals surface area contributed by atoms with Crippen molar-refractivity contribution in [1.82, 2.24) is 0 Å². The zero-order chi connectivity index (χ0) is 21.0. The van der Waals surface area contributed by atoms with Gasteiger partial charge in [-0.15, -0.1) is 0 Å². The third-order valence-electron chi connectivity index (χ3n) is 4.68. The summed E-state index contributed by atoms with van der Waals surface area (Å²) < 4.78 is 32.8. The monoisotopic (exact) mass is 426 g/mol. The van der Waals surface area contributed by atoms with Crippen molar-refractivity contribution in [1.29, 1.82) is 0 Å². The highest BCUT2D eigenvalue weighted by atomic mass is 32.3. The lowest BCUT2D eigenvalue weighted by Crippen LogP contribution is -1.93. The van der Waals surface area contributed by atoms with Crippen molar-refractivity contribution >= 4 is 17.7 Å². The Balaban J connectivity index is 0.